The van der Waals surface area contributed by atoms with E-state index in [1.807, 2.05) is 37.1 Å². The fourth-order valence-electron chi connectivity index (χ4n) is 2.29. The molecule has 138 valence electrons. The van der Waals surface area contributed by atoms with Gasteiger partial charge in [0.2, 0.25) is 0 Å². The molecule has 0 aliphatic rings. The molecule has 2 rings (SSSR count). The summed E-state index contributed by atoms with van der Waals surface area (Å²) in [4.78, 5) is 11.7. The van der Waals surface area contributed by atoms with E-state index in [1.165, 1.54) is 12.1 Å². The summed E-state index contributed by atoms with van der Waals surface area (Å²) in [6.07, 6.45) is 1.77. The number of rotatable bonds is 7. The predicted octanol–water partition coefficient (Wildman–Crippen LogP) is 5.61. The summed E-state index contributed by atoms with van der Waals surface area (Å²) < 4.78 is 13.3. The molecule has 0 atom stereocenters. The Balaban J connectivity index is 2.20. The quantitative estimate of drug-likeness (QED) is 0.348. The Morgan fingerprint density at radius 3 is 2.73 bits per heavy atom. The van der Waals surface area contributed by atoms with Gasteiger partial charge in [-0.3, -0.25) is 4.99 Å². The summed E-state index contributed by atoms with van der Waals surface area (Å²) in [5.41, 5.74) is 3.70. The Kier molecular flexibility index (Phi) is 7.66. The summed E-state index contributed by atoms with van der Waals surface area (Å²) in [5, 5.41) is 0.586. The zero-order chi connectivity index (χ0) is 19.1. The SMILES string of the molecule is CCN(C)/C=N\c1cc(C)c(/C(CSc2cccc(F)c2)=N/C)cc1Cl. The molecule has 0 bridgehead atoms. The number of nitrogens with zero attached hydrogens (tertiary/aromatic N) is 3. The minimum absolute atomic E-state index is 0.233. The first-order chi connectivity index (χ1) is 12.4. The summed E-state index contributed by atoms with van der Waals surface area (Å²) in [6.45, 7) is 4.95. The Hall–Kier alpha value is -1.85. The third-order valence-electron chi connectivity index (χ3n) is 3.94. The maximum atomic E-state index is 13.3. The average Bonchev–Trinajstić information content (AvgIpc) is 2.63. The molecule has 0 aromatic heterocycles. The smallest absolute Gasteiger partial charge is 0.124 e. The van der Waals surface area contributed by atoms with Gasteiger partial charge in [-0.2, -0.15) is 0 Å². The Labute approximate surface area is 164 Å². The molecule has 0 spiro atoms. The van der Waals surface area contributed by atoms with E-state index in [1.54, 1.807) is 31.2 Å². The standard InChI is InChI=1S/C20H23ClFN3S/c1-5-25(4)13-24-19-9-14(2)17(11-18(19)21)20(23-3)12-26-16-8-6-7-15(22)10-16/h6-11,13H,5,12H2,1-4H3/b23-20+,24-13-. The molecule has 0 aliphatic carbocycles. The molecular formula is C20H23ClFN3S. The molecule has 2 aromatic carbocycles. The zero-order valence-electron chi connectivity index (χ0n) is 15.5. The first-order valence-corrected chi connectivity index (χ1v) is 9.70. The summed E-state index contributed by atoms with van der Waals surface area (Å²) in [5.74, 6) is 0.404. The molecule has 6 heteroatoms. The van der Waals surface area contributed by atoms with Crippen molar-refractivity contribution in [3.05, 3.63) is 58.4 Å². The minimum Gasteiger partial charge on any atom is -0.366 e. The van der Waals surface area contributed by atoms with Gasteiger partial charge in [0.05, 0.1) is 22.8 Å². The van der Waals surface area contributed by atoms with Gasteiger partial charge in [0.25, 0.3) is 0 Å². The van der Waals surface area contributed by atoms with Crippen LogP contribution < -0.4 is 0 Å². The third-order valence-corrected chi connectivity index (χ3v) is 5.25. The largest absolute Gasteiger partial charge is 0.366 e. The number of halogens is 2. The van der Waals surface area contributed by atoms with Crippen LogP contribution in [0, 0.1) is 12.7 Å². The molecule has 0 radical (unpaired) electrons. The lowest BCUT2D eigenvalue weighted by Gasteiger charge is -2.13. The van der Waals surface area contributed by atoms with E-state index < -0.39 is 0 Å². The van der Waals surface area contributed by atoms with Crippen LogP contribution in [-0.2, 0) is 0 Å². The molecule has 0 amide bonds. The third kappa shape index (κ3) is 5.58. The van der Waals surface area contributed by atoms with Crippen LogP contribution in [0.15, 0.2) is 51.3 Å². The van der Waals surface area contributed by atoms with Gasteiger partial charge in [-0.15, -0.1) is 11.8 Å². The van der Waals surface area contributed by atoms with Crippen LogP contribution in [0.4, 0.5) is 10.1 Å². The molecule has 0 aliphatic heterocycles. The second-order valence-electron chi connectivity index (χ2n) is 5.85. The molecule has 0 unspecified atom stereocenters. The van der Waals surface area contributed by atoms with Crippen molar-refractivity contribution in [3.8, 4) is 0 Å². The molecule has 3 nitrogen and oxygen atoms in total. The maximum Gasteiger partial charge on any atom is 0.124 e. The molecule has 0 saturated heterocycles. The van der Waals surface area contributed by atoms with Gasteiger partial charge in [0.1, 0.15) is 5.82 Å². The highest BCUT2D eigenvalue weighted by Crippen LogP contribution is 2.30. The number of hydrogen-bond donors (Lipinski definition) is 0. The van der Waals surface area contributed by atoms with Crippen LogP contribution in [0.2, 0.25) is 5.02 Å². The van der Waals surface area contributed by atoms with E-state index in [2.05, 4.69) is 16.9 Å². The van der Waals surface area contributed by atoms with Crippen LogP contribution in [0.5, 0.6) is 0 Å². The van der Waals surface area contributed by atoms with Crippen LogP contribution in [0.3, 0.4) is 0 Å². The monoisotopic (exact) mass is 391 g/mol. The first kappa shape index (κ1) is 20.5. The lowest BCUT2D eigenvalue weighted by atomic mass is 10.0. The van der Waals surface area contributed by atoms with Crippen molar-refractivity contribution in [3.63, 3.8) is 0 Å². The Morgan fingerprint density at radius 2 is 2.08 bits per heavy atom. The van der Waals surface area contributed by atoms with E-state index in [-0.39, 0.29) is 5.82 Å². The highest BCUT2D eigenvalue weighted by Gasteiger charge is 2.11. The predicted molar refractivity (Wildman–Crippen MR) is 112 cm³/mol. The van der Waals surface area contributed by atoms with E-state index in [9.17, 15) is 4.39 Å². The molecule has 26 heavy (non-hydrogen) atoms. The van der Waals surface area contributed by atoms with E-state index in [4.69, 9.17) is 11.6 Å². The van der Waals surface area contributed by atoms with Crippen molar-refractivity contribution in [2.24, 2.45) is 9.98 Å². The second kappa shape index (κ2) is 9.74. The Morgan fingerprint density at radius 1 is 1.31 bits per heavy atom. The molecule has 0 N–H and O–H groups in total. The van der Waals surface area contributed by atoms with Crippen molar-refractivity contribution in [1.29, 1.82) is 0 Å². The van der Waals surface area contributed by atoms with Crippen LogP contribution in [0.1, 0.15) is 18.1 Å². The van der Waals surface area contributed by atoms with Crippen LogP contribution in [-0.4, -0.2) is 43.3 Å². The minimum atomic E-state index is -0.233. The van der Waals surface area contributed by atoms with Crippen molar-refractivity contribution in [2.45, 2.75) is 18.7 Å². The molecule has 2 aromatic rings. The van der Waals surface area contributed by atoms with Crippen molar-refractivity contribution >= 4 is 41.1 Å². The van der Waals surface area contributed by atoms with Crippen LogP contribution in [0.25, 0.3) is 0 Å². The number of hydrogen-bond acceptors (Lipinski definition) is 3. The van der Waals surface area contributed by atoms with Crippen molar-refractivity contribution in [2.75, 3.05) is 26.4 Å². The van der Waals surface area contributed by atoms with Crippen molar-refractivity contribution in [1.82, 2.24) is 4.90 Å². The topological polar surface area (TPSA) is 28.0 Å². The first-order valence-electron chi connectivity index (χ1n) is 8.33. The van der Waals surface area contributed by atoms with Gasteiger partial charge in [0.15, 0.2) is 0 Å². The van der Waals surface area contributed by atoms with Gasteiger partial charge >= 0.3 is 0 Å². The van der Waals surface area contributed by atoms with Crippen LogP contribution >= 0.6 is 23.4 Å². The molecule has 0 saturated carbocycles. The summed E-state index contributed by atoms with van der Waals surface area (Å²) in [7, 11) is 3.72. The lowest BCUT2D eigenvalue weighted by Crippen LogP contribution is -2.14. The lowest BCUT2D eigenvalue weighted by molar-refractivity contribution is 0.552. The fraction of sp³-hybridized carbons (Fsp3) is 0.300. The molecule has 0 fully saturated rings. The number of aliphatic imine (C=N–C) groups is 2. The average molecular weight is 392 g/mol. The number of benzene rings is 2. The van der Waals surface area contributed by atoms with E-state index in [0.29, 0.717) is 10.8 Å². The van der Waals surface area contributed by atoms with Gasteiger partial charge in [-0.1, -0.05) is 17.7 Å². The summed E-state index contributed by atoms with van der Waals surface area (Å²) >= 11 is 7.97. The van der Waals surface area contributed by atoms with Gasteiger partial charge in [0, 0.05) is 36.9 Å². The molecular weight excluding hydrogens is 369 g/mol. The summed E-state index contributed by atoms with van der Waals surface area (Å²) in [6, 6.07) is 10.4. The molecule has 0 heterocycles. The van der Waals surface area contributed by atoms with Gasteiger partial charge in [-0.05, 0) is 49.7 Å². The normalized spacial score (nSPS) is 12.0. The number of thioether (sulfide) groups is 1. The fourth-order valence-corrected chi connectivity index (χ4v) is 3.46. The van der Waals surface area contributed by atoms with Crippen molar-refractivity contribution < 1.29 is 4.39 Å². The van der Waals surface area contributed by atoms with E-state index >= 15 is 0 Å². The second-order valence-corrected chi connectivity index (χ2v) is 7.31. The van der Waals surface area contributed by atoms with Gasteiger partial charge in [-0.25, -0.2) is 9.38 Å². The highest BCUT2D eigenvalue weighted by molar-refractivity contribution is 8.00. The maximum absolute atomic E-state index is 13.3. The number of aryl methyl sites for hydroxylation is 1. The highest BCUT2D eigenvalue weighted by atomic mass is 35.5. The zero-order valence-corrected chi connectivity index (χ0v) is 17.0. The van der Waals surface area contributed by atoms with Gasteiger partial charge < -0.3 is 4.90 Å². The Bertz CT molecular complexity index is 821. The van der Waals surface area contributed by atoms with E-state index in [0.717, 1.165) is 34.0 Å².